The topological polar surface area (TPSA) is 0 Å². The molecular formula is C38H58Hf2. The maximum absolute atomic E-state index is 2.81. The van der Waals surface area contributed by atoms with Crippen LogP contribution in [0.25, 0.3) is 12.2 Å². The van der Waals surface area contributed by atoms with Crippen LogP contribution in [0.3, 0.4) is 0 Å². The van der Waals surface area contributed by atoms with E-state index in [1.54, 1.807) is 58.5 Å². The van der Waals surface area contributed by atoms with E-state index in [1.165, 1.54) is 51.4 Å². The third kappa shape index (κ3) is 7.06. The van der Waals surface area contributed by atoms with Crippen molar-refractivity contribution in [2.24, 2.45) is 0 Å². The van der Waals surface area contributed by atoms with Gasteiger partial charge in [-0.05, 0) is 0 Å². The number of allylic oxidation sites excluding steroid dienone is 2. The molecule has 2 unspecified atom stereocenters. The van der Waals surface area contributed by atoms with Gasteiger partial charge in [0.15, 0.2) is 0 Å². The van der Waals surface area contributed by atoms with Gasteiger partial charge in [0.1, 0.15) is 0 Å². The first-order valence-corrected chi connectivity index (χ1v) is 36.4. The number of unbranched alkanes of at least 4 members (excludes halogenated alkanes) is 4. The van der Waals surface area contributed by atoms with Crippen LogP contribution in [0.5, 0.6) is 0 Å². The van der Waals surface area contributed by atoms with E-state index in [2.05, 4.69) is 102 Å². The molecule has 2 atom stereocenters. The molecule has 0 N–H and O–H groups in total. The maximum atomic E-state index is 2.60. The standard InChI is InChI=1S/2C10H9.4C4H9.C2H4.2Hf/c2*1-8-6-9-4-2-3-5-10(9)7-8;4*1-3-4-2;1-2;;/h2*2-7H,1H3;4*1,3-4H2,2H3;1-2H2;;. The fraction of sp³-hybridized carbons (Fsp3) is 0.579. The van der Waals surface area contributed by atoms with Crippen molar-refractivity contribution in [2.45, 2.75) is 125 Å². The molecular weight excluding hydrogens is 813 g/mol. The second-order valence-electron chi connectivity index (χ2n) is 13.5. The molecule has 0 aromatic heterocycles. The van der Waals surface area contributed by atoms with E-state index < -0.39 is 39.9 Å². The van der Waals surface area contributed by atoms with Gasteiger partial charge in [0.25, 0.3) is 0 Å². The Morgan fingerprint density at radius 3 is 1.12 bits per heavy atom. The molecule has 0 radical (unpaired) electrons. The molecule has 2 heteroatoms. The summed E-state index contributed by atoms with van der Waals surface area (Å²) in [6, 6.07) is 19.1. The summed E-state index contributed by atoms with van der Waals surface area (Å²) in [4.78, 5) is 0. The van der Waals surface area contributed by atoms with E-state index in [9.17, 15) is 0 Å². The molecule has 218 valence electrons. The molecule has 0 fully saturated rings. The van der Waals surface area contributed by atoms with Crippen LogP contribution in [0.15, 0.2) is 59.7 Å². The first-order valence-electron chi connectivity index (χ1n) is 17.0. The van der Waals surface area contributed by atoms with E-state index in [1.807, 2.05) is 0 Å². The summed E-state index contributed by atoms with van der Waals surface area (Å²) in [5.74, 6) is 0. The summed E-state index contributed by atoms with van der Waals surface area (Å²) in [5.41, 5.74) is 10.1. The first kappa shape index (κ1) is 32.6. The van der Waals surface area contributed by atoms with Crippen LogP contribution in [-0.4, -0.2) is 0 Å². The van der Waals surface area contributed by atoms with Crippen LogP contribution in [0.4, 0.5) is 0 Å². The zero-order valence-electron chi connectivity index (χ0n) is 26.8. The molecule has 0 spiro atoms. The molecule has 0 amide bonds. The Morgan fingerprint density at radius 1 is 0.475 bits per heavy atom. The first-order chi connectivity index (χ1) is 19.4. The van der Waals surface area contributed by atoms with Crippen molar-refractivity contribution in [3.63, 3.8) is 0 Å². The molecule has 0 heterocycles. The number of benzene rings is 2. The molecule has 2 aliphatic rings. The van der Waals surface area contributed by atoms with Crippen LogP contribution in [0, 0.1) is 0 Å². The molecule has 0 bridgehead atoms. The molecule has 2 aromatic carbocycles. The van der Waals surface area contributed by atoms with Crippen molar-refractivity contribution >= 4 is 12.2 Å². The van der Waals surface area contributed by atoms with Gasteiger partial charge >= 0.3 is 259 Å². The summed E-state index contributed by atoms with van der Waals surface area (Å²) in [6.45, 7) is 14.8. The second kappa shape index (κ2) is 15.4. The monoisotopic (exact) mass is 874 g/mol. The Labute approximate surface area is 257 Å². The average molecular weight is 872 g/mol. The van der Waals surface area contributed by atoms with Gasteiger partial charge in [-0.2, -0.15) is 0 Å². The van der Waals surface area contributed by atoms with Gasteiger partial charge in [-0.15, -0.1) is 0 Å². The van der Waals surface area contributed by atoms with Crippen LogP contribution in [0.2, 0.25) is 25.1 Å². The van der Waals surface area contributed by atoms with Gasteiger partial charge in [0, 0.05) is 0 Å². The van der Waals surface area contributed by atoms with Gasteiger partial charge in [-0.3, -0.25) is 0 Å². The van der Waals surface area contributed by atoms with Crippen molar-refractivity contribution in [3.8, 4) is 0 Å². The normalized spacial score (nSPS) is 18.4. The fourth-order valence-corrected chi connectivity index (χ4v) is 82.7. The van der Waals surface area contributed by atoms with E-state index in [0.717, 1.165) is 7.35 Å². The minimum absolute atomic E-state index is 0.831. The van der Waals surface area contributed by atoms with E-state index in [-0.39, 0.29) is 0 Å². The quantitative estimate of drug-likeness (QED) is 0.139. The Bertz CT molecular complexity index is 1050. The van der Waals surface area contributed by atoms with Crippen LogP contribution < -0.4 is 0 Å². The Kier molecular flexibility index (Phi) is 12.5. The summed E-state index contributed by atoms with van der Waals surface area (Å²) in [7, 11) is 0. The van der Waals surface area contributed by atoms with Gasteiger partial charge in [-0.25, -0.2) is 0 Å². The van der Waals surface area contributed by atoms with Crippen molar-refractivity contribution in [1.82, 2.24) is 0 Å². The zero-order chi connectivity index (χ0) is 28.6. The molecule has 2 aliphatic carbocycles. The number of hydrogen-bond acceptors (Lipinski definition) is 0. The Hall–Kier alpha value is -0.340. The average Bonchev–Trinajstić information content (AvgIpc) is 3.50. The van der Waals surface area contributed by atoms with E-state index in [4.69, 9.17) is 0 Å². The summed E-state index contributed by atoms with van der Waals surface area (Å²) >= 11 is -5.61. The zero-order valence-corrected chi connectivity index (χ0v) is 34.0. The molecule has 0 aliphatic heterocycles. The van der Waals surface area contributed by atoms with Crippen LogP contribution >= 0.6 is 0 Å². The van der Waals surface area contributed by atoms with Crippen molar-refractivity contribution in [1.29, 1.82) is 0 Å². The van der Waals surface area contributed by atoms with Gasteiger partial charge < -0.3 is 0 Å². The van der Waals surface area contributed by atoms with Crippen LogP contribution in [0.1, 0.15) is 123 Å². The van der Waals surface area contributed by atoms with E-state index in [0.29, 0.717) is 0 Å². The molecule has 0 nitrogen and oxygen atoms in total. The SMILES string of the molecule is CCC[CH2][Hf]([CH2]CCC)([CH2][CH2][Hf]([CH2]CCC)([CH2]CCC)[CH]1C(C)=Cc2ccccc21)[CH]1C(C)=Cc2ccccc21. The second-order valence-corrected chi connectivity index (χ2v) is 48.0. The number of fused-ring (bicyclic) bond motifs is 2. The van der Waals surface area contributed by atoms with Gasteiger partial charge in [0.05, 0.1) is 0 Å². The molecule has 40 heavy (non-hydrogen) atoms. The van der Waals surface area contributed by atoms with Gasteiger partial charge in [-0.1, -0.05) is 0 Å². The van der Waals surface area contributed by atoms with Crippen molar-refractivity contribution in [3.05, 3.63) is 81.9 Å². The predicted octanol–water partition coefficient (Wildman–Crippen LogP) is 13.3. The Morgan fingerprint density at radius 2 is 0.800 bits per heavy atom. The van der Waals surface area contributed by atoms with E-state index >= 15 is 0 Å². The van der Waals surface area contributed by atoms with Crippen molar-refractivity contribution in [2.75, 3.05) is 0 Å². The molecule has 2 aromatic rings. The summed E-state index contributed by atoms with van der Waals surface area (Å²) < 4.78 is 11.5. The van der Waals surface area contributed by atoms with Gasteiger partial charge in [0.2, 0.25) is 0 Å². The number of hydrogen-bond donors (Lipinski definition) is 0. The molecule has 0 saturated carbocycles. The van der Waals surface area contributed by atoms with Crippen LogP contribution in [-0.2, 0) is 39.9 Å². The number of rotatable bonds is 17. The Balaban J connectivity index is 1.79. The van der Waals surface area contributed by atoms with Crippen molar-refractivity contribution < 1.29 is 39.9 Å². The predicted molar refractivity (Wildman–Crippen MR) is 174 cm³/mol. The third-order valence-corrected chi connectivity index (χ3v) is 59.9. The summed E-state index contributed by atoms with van der Waals surface area (Å²) in [6.07, 6.45) is 16.5. The minimum atomic E-state index is -2.81. The molecule has 0 saturated heterocycles. The summed E-state index contributed by atoms with van der Waals surface area (Å²) in [5, 5.41) is 0. The fourth-order valence-electron chi connectivity index (χ4n) is 8.81. The molecule has 4 rings (SSSR count). The third-order valence-electron chi connectivity index (χ3n) is 10.7.